The number of hydrogen-bond acceptors (Lipinski definition) is 4. The Kier molecular flexibility index (Phi) is 4.88. The molecule has 0 unspecified atom stereocenters. The molecule has 110 valence electrons. The number of hydrogen-bond donors (Lipinski definition) is 2. The van der Waals surface area contributed by atoms with E-state index in [2.05, 4.69) is 5.32 Å². The summed E-state index contributed by atoms with van der Waals surface area (Å²) in [4.78, 5) is 12.3. The Labute approximate surface area is 124 Å². The maximum Gasteiger partial charge on any atom is 0.232 e. The maximum absolute atomic E-state index is 11.9. The van der Waals surface area contributed by atoms with E-state index in [1.165, 1.54) is 12.1 Å². The van der Waals surface area contributed by atoms with Crippen molar-refractivity contribution in [3.05, 3.63) is 29.8 Å². The Morgan fingerprint density at radius 1 is 1.30 bits per heavy atom. The van der Waals surface area contributed by atoms with Crippen LogP contribution in [0, 0.1) is 5.41 Å². The summed E-state index contributed by atoms with van der Waals surface area (Å²) in [5, 5.41) is 2.72. The molecular formula is C13H18N2O3S2. The van der Waals surface area contributed by atoms with E-state index < -0.39 is 15.3 Å². The maximum atomic E-state index is 11.9. The molecule has 1 aromatic carbocycles. The fraction of sp³-hybridized carbons (Fsp3) is 0.385. The van der Waals surface area contributed by atoms with E-state index >= 15 is 0 Å². The van der Waals surface area contributed by atoms with Crippen LogP contribution in [0.4, 0.5) is 0 Å². The molecule has 0 spiro atoms. The third-order valence-corrected chi connectivity index (χ3v) is 4.63. The second-order valence-corrected chi connectivity index (χ2v) is 7.54. The van der Waals surface area contributed by atoms with Crippen molar-refractivity contribution >= 4 is 33.0 Å². The molecule has 0 saturated carbocycles. The van der Waals surface area contributed by atoms with Crippen molar-refractivity contribution in [1.82, 2.24) is 5.32 Å². The molecule has 0 saturated heterocycles. The molecule has 0 heterocycles. The molecule has 0 aliphatic carbocycles. The first-order valence-corrected chi connectivity index (χ1v) is 8.22. The SMILES string of the molecule is CC(C)(C(=O)NCc1ccc(S(C)(=O)=O)cc1)C(N)=S. The third kappa shape index (κ3) is 4.01. The summed E-state index contributed by atoms with van der Waals surface area (Å²) in [6, 6.07) is 6.33. The molecule has 0 aromatic heterocycles. The molecule has 0 aliphatic rings. The summed E-state index contributed by atoms with van der Waals surface area (Å²) in [5.74, 6) is -0.266. The molecule has 1 amide bonds. The molecular weight excluding hydrogens is 296 g/mol. The molecule has 1 aromatic rings. The van der Waals surface area contributed by atoms with Crippen LogP contribution >= 0.6 is 12.2 Å². The standard InChI is InChI=1S/C13H18N2O3S2/c1-13(2,11(14)19)12(16)15-8-9-4-6-10(7-5-9)20(3,17)18/h4-7H,8H2,1-3H3,(H2,14,19)(H,15,16). The highest BCUT2D eigenvalue weighted by molar-refractivity contribution is 7.90. The lowest BCUT2D eigenvalue weighted by molar-refractivity contribution is -0.126. The van der Waals surface area contributed by atoms with Crippen molar-refractivity contribution in [2.45, 2.75) is 25.3 Å². The molecule has 0 fully saturated rings. The predicted molar refractivity (Wildman–Crippen MR) is 82.0 cm³/mol. The Morgan fingerprint density at radius 2 is 1.80 bits per heavy atom. The molecule has 5 nitrogen and oxygen atoms in total. The van der Waals surface area contributed by atoms with Gasteiger partial charge in [0.25, 0.3) is 0 Å². The summed E-state index contributed by atoms with van der Waals surface area (Å²) in [6.45, 7) is 3.59. The number of carbonyl (C=O) groups excluding carboxylic acids is 1. The van der Waals surface area contributed by atoms with Crippen LogP contribution in [0.1, 0.15) is 19.4 Å². The van der Waals surface area contributed by atoms with Gasteiger partial charge in [-0.1, -0.05) is 24.4 Å². The van der Waals surface area contributed by atoms with Gasteiger partial charge in [-0.2, -0.15) is 0 Å². The van der Waals surface area contributed by atoms with Crippen LogP contribution < -0.4 is 11.1 Å². The van der Waals surface area contributed by atoms with Crippen LogP contribution in [-0.4, -0.2) is 25.6 Å². The summed E-state index contributed by atoms with van der Waals surface area (Å²) >= 11 is 4.85. The zero-order chi connectivity index (χ0) is 15.6. The summed E-state index contributed by atoms with van der Waals surface area (Å²) in [5.41, 5.74) is 5.39. The van der Waals surface area contributed by atoms with Crippen molar-refractivity contribution in [2.75, 3.05) is 6.26 Å². The number of thiocarbonyl (C=S) groups is 1. The van der Waals surface area contributed by atoms with Crippen LogP contribution in [0.25, 0.3) is 0 Å². The van der Waals surface area contributed by atoms with Gasteiger partial charge in [0.15, 0.2) is 9.84 Å². The van der Waals surface area contributed by atoms with Gasteiger partial charge in [0.1, 0.15) is 0 Å². The largest absolute Gasteiger partial charge is 0.392 e. The summed E-state index contributed by atoms with van der Waals surface area (Å²) in [7, 11) is -3.21. The molecule has 3 N–H and O–H groups in total. The first-order valence-electron chi connectivity index (χ1n) is 5.92. The lowest BCUT2D eigenvalue weighted by Gasteiger charge is -2.21. The van der Waals surface area contributed by atoms with Crippen LogP contribution in [-0.2, 0) is 21.2 Å². The highest BCUT2D eigenvalue weighted by atomic mass is 32.2. The van der Waals surface area contributed by atoms with E-state index in [1.54, 1.807) is 26.0 Å². The van der Waals surface area contributed by atoms with Gasteiger partial charge >= 0.3 is 0 Å². The van der Waals surface area contributed by atoms with Gasteiger partial charge in [0, 0.05) is 12.8 Å². The number of rotatable bonds is 5. The minimum atomic E-state index is -3.21. The minimum absolute atomic E-state index is 0.127. The highest BCUT2D eigenvalue weighted by Gasteiger charge is 2.30. The number of sulfone groups is 1. The van der Waals surface area contributed by atoms with Crippen molar-refractivity contribution in [2.24, 2.45) is 11.1 Å². The molecule has 0 atom stereocenters. The quantitative estimate of drug-likeness (QED) is 0.792. The molecule has 0 aliphatic heterocycles. The Bertz CT molecular complexity index is 620. The Balaban J connectivity index is 2.72. The Morgan fingerprint density at radius 3 is 2.20 bits per heavy atom. The zero-order valence-corrected chi connectivity index (χ0v) is 13.3. The number of amides is 1. The van der Waals surface area contributed by atoms with Crippen LogP contribution in [0.15, 0.2) is 29.2 Å². The van der Waals surface area contributed by atoms with Gasteiger partial charge in [-0.05, 0) is 31.5 Å². The van der Waals surface area contributed by atoms with E-state index in [-0.39, 0.29) is 22.3 Å². The molecule has 7 heteroatoms. The average Bonchev–Trinajstić information content (AvgIpc) is 2.35. The number of nitrogens with two attached hydrogens (primary N) is 1. The second kappa shape index (κ2) is 5.88. The van der Waals surface area contributed by atoms with Crippen LogP contribution in [0.5, 0.6) is 0 Å². The normalized spacial score (nSPS) is 11.9. The van der Waals surface area contributed by atoms with Gasteiger partial charge in [0.2, 0.25) is 5.91 Å². The lowest BCUT2D eigenvalue weighted by atomic mass is 9.92. The first-order chi connectivity index (χ1) is 9.05. The van der Waals surface area contributed by atoms with Gasteiger partial charge < -0.3 is 11.1 Å². The molecule has 1 rings (SSSR count). The van der Waals surface area contributed by atoms with Crippen molar-refractivity contribution in [1.29, 1.82) is 0 Å². The Hall–Kier alpha value is -1.47. The van der Waals surface area contributed by atoms with Gasteiger partial charge in [-0.25, -0.2) is 8.42 Å². The molecule has 0 bridgehead atoms. The van der Waals surface area contributed by atoms with E-state index in [9.17, 15) is 13.2 Å². The van der Waals surface area contributed by atoms with Crippen LogP contribution in [0.3, 0.4) is 0 Å². The lowest BCUT2D eigenvalue weighted by Crippen LogP contribution is -2.44. The van der Waals surface area contributed by atoms with E-state index in [0.717, 1.165) is 11.8 Å². The van der Waals surface area contributed by atoms with Crippen molar-refractivity contribution in [3.63, 3.8) is 0 Å². The van der Waals surface area contributed by atoms with Gasteiger partial charge in [0.05, 0.1) is 15.3 Å². The van der Waals surface area contributed by atoms with E-state index in [4.69, 9.17) is 18.0 Å². The summed E-state index contributed by atoms with van der Waals surface area (Å²) in [6.07, 6.45) is 1.15. The fourth-order valence-corrected chi connectivity index (χ4v) is 2.09. The highest BCUT2D eigenvalue weighted by Crippen LogP contribution is 2.16. The average molecular weight is 314 g/mol. The summed E-state index contributed by atoms with van der Waals surface area (Å²) < 4.78 is 22.6. The molecule has 0 radical (unpaired) electrons. The van der Waals surface area contributed by atoms with E-state index in [1.807, 2.05) is 0 Å². The predicted octanol–water partition coefficient (Wildman–Crippen LogP) is 1.02. The monoisotopic (exact) mass is 314 g/mol. The van der Waals surface area contributed by atoms with Gasteiger partial charge in [-0.3, -0.25) is 4.79 Å². The number of nitrogens with one attached hydrogen (secondary N) is 1. The van der Waals surface area contributed by atoms with Crippen LogP contribution in [0.2, 0.25) is 0 Å². The van der Waals surface area contributed by atoms with E-state index in [0.29, 0.717) is 0 Å². The van der Waals surface area contributed by atoms with Crippen molar-refractivity contribution < 1.29 is 13.2 Å². The van der Waals surface area contributed by atoms with Crippen molar-refractivity contribution in [3.8, 4) is 0 Å². The zero-order valence-electron chi connectivity index (χ0n) is 11.6. The number of carbonyl (C=O) groups is 1. The van der Waals surface area contributed by atoms with Gasteiger partial charge in [-0.15, -0.1) is 0 Å². The topological polar surface area (TPSA) is 89.3 Å². The third-order valence-electron chi connectivity index (χ3n) is 2.99. The molecule has 20 heavy (non-hydrogen) atoms. The second-order valence-electron chi connectivity index (χ2n) is 5.09. The minimum Gasteiger partial charge on any atom is -0.392 e. The number of benzene rings is 1. The smallest absolute Gasteiger partial charge is 0.232 e. The fourth-order valence-electron chi connectivity index (χ4n) is 1.37. The first kappa shape index (κ1) is 16.6.